The Labute approximate surface area is 207 Å². The van der Waals surface area contributed by atoms with Crippen molar-refractivity contribution in [3.63, 3.8) is 0 Å². The van der Waals surface area contributed by atoms with Crippen molar-refractivity contribution in [1.29, 1.82) is 0 Å². The minimum absolute atomic E-state index is 0.0731. The Morgan fingerprint density at radius 1 is 0.889 bits per heavy atom. The predicted octanol–water partition coefficient (Wildman–Crippen LogP) is 2.89. The Bertz CT molecular complexity index is 1150. The molecule has 4 atom stereocenters. The topological polar surface area (TPSA) is 111 Å². The van der Waals surface area contributed by atoms with E-state index in [1.807, 2.05) is 0 Å². The number of ether oxygens (including phenoxy) is 6. The molecule has 0 amide bonds. The molecular weight excluding hydrogens is 470 g/mol. The molecule has 0 radical (unpaired) electrons. The molecule has 0 aromatic heterocycles. The minimum atomic E-state index is -0.653. The Balaban J connectivity index is 1.25. The lowest BCUT2D eigenvalue weighted by Crippen LogP contribution is -2.36. The molecule has 2 aromatic carbocycles. The number of nitrogens with zero attached hydrogens (tertiary/aromatic N) is 1. The summed E-state index contributed by atoms with van der Waals surface area (Å²) in [5, 5.41) is 0. The highest BCUT2D eigenvalue weighted by Gasteiger charge is 2.51. The van der Waals surface area contributed by atoms with Crippen molar-refractivity contribution in [1.82, 2.24) is 0 Å². The highest BCUT2D eigenvalue weighted by Crippen LogP contribution is 2.31. The number of hydrogen-bond acceptors (Lipinski definition) is 9. The van der Waals surface area contributed by atoms with Gasteiger partial charge >= 0.3 is 17.9 Å². The molecule has 0 N–H and O–H groups in total. The molecule has 2 saturated heterocycles. The molecule has 0 spiro atoms. The smallest absolute Gasteiger partial charge is 0.338 e. The third-order valence-electron chi connectivity index (χ3n) is 5.56. The number of carbonyl (C=O) groups is 3. The number of benzene rings is 2. The second kappa shape index (κ2) is 11.5. The van der Waals surface area contributed by atoms with E-state index in [-0.39, 0.29) is 26.4 Å². The van der Waals surface area contributed by atoms with E-state index in [9.17, 15) is 14.4 Å². The molecule has 4 rings (SSSR count). The highest BCUT2D eigenvalue weighted by atomic mass is 16.7. The first-order valence-electron chi connectivity index (χ1n) is 11.1. The third kappa shape index (κ3) is 5.89. The number of esters is 3. The van der Waals surface area contributed by atoms with Gasteiger partial charge in [0.15, 0.2) is 17.9 Å². The van der Waals surface area contributed by atoms with Gasteiger partial charge in [-0.3, -0.25) is 0 Å². The number of hydrogen-bond donors (Lipinski definition) is 0. The van der Waals surface area contributed by atoms with Crippen molar-refractivity contribution in [2.75, 3.05) is 26.4 Å². The molecule has 10 nitrogen and oxygen atoms in total. The first-order chi connectivity index (χ1) is 17.5. The normalized spacial score (nSPS) is 22.1. The standard InChI is InChI=1S/C26H23NO9/c1-3-22(28)32-13-12-31-19-10-6-17(7-11-19)26(30)36-21-15-34-23-20(14-33-24(21)23)35-25(29)16-4-8-18(27-2)9-5-16/h3-11,20-21,23-24H,1,12-15H2/t20-,21+,23-,24-/m1/s1. The molecule has 2 aliphatic rings. The van der Waals surface area contributed by atoms with Crippen LogP contribution in [0.25, 0.3) is 4.85 Å². The van der Waals surface area contributed by atoms with Crippen molar-refractivity contribution in [3.05, 3.63) is 83.7 Å². The summed E-state index contributed by atoms with van der Waals surface area (Å²) < 4.78 is 32.9. The lowest BCUT2D eigenvalue weighted by Gasteiger charge is -2.17. The van der Waals surface area contributed by atoms with E-state index in [2.05, 4.69) is 11.4 Å². The fourth-order valence-corrected chi connectivity index (χ4v) is 3.76. The van der Waals surface area contributed by atoms with Gasteiger partial charge in [0.25, 0.3) is 0 Å². The molecule has 0 aliphatic carbocycles. The van der Waals surface area contributed by atoms with E-state index < -0.39 is 42.3 Å². The van der Waals surface area contributed by atoms with Crippen LogP contribution in [-0.2, 0) is 28.5 Å². The van der Waals surface area contributed by atoms with Crippen LogP contribution in [0.4, 0.5) is 5.69 Å². The fourth-order valence-electron chi connectivity index (χ4n) is 3.76. The summed E-state index contributed by atoms with van der Waals surface area (Å²) >= 11 is 0. The van der Waals surface area contributed by atoms with E-state index in [0.717, 1.165) is 6.08 Å². The van der Waals surface area contributed by atoms with Crippen LogP contribution in [0.15, 0.2) is 61.2 Å². The molecule has 0 unspecified atom stereocenters. The van der Waals surface area contributed by atoms with Gasteiger partial charge in [0.05, 0.1) is 30.9 Å². The van der Waals surface area contributed by atoms with Gasteiger partial charge in [-0.05, 0) is 24.3 Å². The van der Waals surface area contributed by atoms with Crippen LogP contribution in [0.3, 0.4) is 0 Å². The summed E-state index contributed by atoms with van der Waals surface area (Å²) in [6.07, 6.45) is -1.34. The summed E-state index contributed by atoms with van der Waals surface area (Å²) in [5.74, 6) is -1.14. The van der Waals surface area contributed by atoms with Gasteiger partial charge in [-0.15, -0.1) is 0 Å². The number of fused-ring (bicyclic) bond motifs is 1. The summed E-state index contributed by atoms with van der Waals surface area (Å²) in [5.41, 5.74) is 1.05. The maximum absolute atomic E-state index is 12.6. The molecule has 2 aromatic rings. The Morgan fingerprint density at radius 3 is 1.92 bits per heavy atom. The van der Waals surface area contributed by atoms with Gasteiger partial charge in [0.1, 0.15) is 31.2 Å². The van der Waals surface area contributed by atoms with Crippen LogP contribution in [-0.4, -0.2) is 68.8 Å². The molecule has 2 heterocycles. The Hall–Kier alpha value is -4.20. The summed E-state index contributed by atoms with van der Waals surface area (Å²) in [7, 11) is 0. The van der Waals surface area contributed by atoms with Crippen molar-refractivity contribution < 1.29 is 42.8 Å². The SMILES string of the molecule is [C-]#[N+]c1ccc(C(=O)O[C@@H]2CO[C@H]3[C@@H]2OC[C@@H]3OC(=O)c2ccc(OCCOC(=O)C=C)cc2)cc1. The molecule has 10 heteroatoms. The second-order valence-electron chi connectivity index (χ2n) is 7.89. The first kappa shape index (κ1) is 24.9. The van der Waals surface area contributed by atoms with Crippen molar-refractivity contribution >= 4 is 23.6 Å². The zero-order valence-corrected chi connectivity index (χ0v) is 19.2. The zero-order chi connectivity index (χ0) is 25.5. The average molecular weight is 493 g/mol. The Morgan fingerprint density at radius 2 is 1.42 bits per heavy atom. The second-order valence-corrected chi connectivity index (χ2v) is 7.89. The van der Waals surface area contributed by atoms with Crippen LogP contribution >= 0.6 is 0 Å². The van der Waals surface area contributed by atoms with Crippen LogP contribution in [0.5, 0.6) is 5.75 Å². The maximum Gasteiger partial charge on any atom is 0.338 e. The summed E-state index contributed by atoms with van der Waals surface area (Å²) in [6, 6.07) is 12.4. The molecule has 2 aliphatic heterocycles. The quantitative estimate of drug-likeness (QED) is 0.171. The predicted molar refractivity (Wildman–Crippen MR) is 124 cm³/mol. The van der Waals surface area contributed by atoms with Gasteiger partial charge in [0.2, 0.25) is 0 Å². The first-order valence-corrected chi connectivity index (χ1v) is 11.1. The molecule has 186 valence electrons. The van der Waals surface area contributed by atoms with Crippen molar-refractivity contribution in [2.45, 2.75) is 24.4 Å². The lowest BCUT2D eigenvalue weighted by molar-refractivity contribution is -0.138. The van der Waals surface area contributed by atoms with Gasteiger partial charge in [-0.1, -0.05) is 30.8 Å². The van der Waals surface area contributed by atoms with Gasteiger partial charge in [-0.2, -0.15) is 0 Å². The monoisotopic (exact) mass is 493 g/mol. The molecular formula is C26H23NO9. The van der Waals surface area contributed by atoms with Crippen LogP contribution in [0.2, 0.25) is 0 Å². The zero-order valence-electron chi connectivity index (χ0n) is 19.2. The van der Waals surface area contributed by atoms with Gasteiger partial charge in [-0.25, -0.2) is 19.2 Å². The molecule has 0 saturated carbocycles. The van der Waals surface area contributed by atoms with Crippen LogP contribution < -0.4 is 4.74 Å². The molecule has 36 heavy (non-hydrogen) atoms. The van der Waals surface area contributed by atoms with E-state index in [1.54, 1.807) is 36.4 Å². The van der Waals surface area contributed by atoms with Crippen molar-refractivity contribution in [3.8, 4) is 5.75 Å². The fraction of sp³-hybridized carbons (Fsp3) is 0.308. The summed E-state index contributed by atoms with van der Waals surface area (Å²) in [6.45, 7) is 10.7. The number of rotatable bonds is 9. The molecule has 0 bridgehead atoms. The number of carbonyl (C=O) groups excluding carboxylic acids is 3. The largest absolute Gasteiger partial charge is 0.490 e. The minimum Gasteiger partial charge on any atom is -0.490 e. The van der Waals surface area contributed by atoms with Crippen LogP contribution in [0.1, 0.15) is 20.7 Å². The van der Waals surface area contributed by atoms with E-state index in [4.69, 9.17) is 35.0 Å². The van der Waals surface area contributed by atoms with E-state index in [1.165, 1.54) is 12.1 Å². The Kier molecular flexibility index (Phi) is 7.95. The van der Waals surface area contributed by atoms with Gasteiger partial charge in [0, 0.05) is 6.08 Å². The van der Waals surface area contributed by atoms with Crippen LogP contribution in [0, 0.1) is 6.57 Å². The average Bonchev–Trinajstić information content (AvgIpc) is 3.49. The lowest BCUT2D eigenvalue weighted by atomic mass is 10.1. The van der Waals surface area contributed by atoms with E-state index in [0.29, 0.717) is 22.6 Å². The van der Waals surface area contributed by atoms with E-state index >= 15 is 0 Å². The van der Waals surface area contributed by atoms with Gasteiger partial charge < -0.3 is 28.4 Å². The maximum atomic E-state index is 12.6. The molecule has 2 fully saturated rings. The highest BCUT2D eigenvalue weighted by molar-refractivity contribution is 5.90. The summed E-state index contributed by atoms with van der Waals surface area (Å²) in [4.78, 5) is 39.4. The van der Waals surface area contributed by atoms with Crippen molar-refractivity contribution in [2.24, 2.45) is 0 Å². The third-order valence-corrected chi connectivity index (χ3v) is 5.56.